The van der Waals surface area contributed by atoms with Crippen molar-refractivity contribution in [1.82, 2.24) is 19.5 Å². The Kier molecular flexibility index (Phi) is 5.69. The van der Waals surface area contributed by atoms with E-state index < -0.39 is 50.6 Å². The lowest BCUT2D eigenvalue weighted by molar-refractivity contribution is -0.203. The van der Waals surface area contributed by atoms with Crippen molar-refractivity contribution < 1.29 is 33.0 Å². The van der Waals surface area contributed by atoms with Crippen LogP contribution in [-0.4, -0.2) is 68.6 Å². The highest BCUT2D eigenvalue weighted by Crippen LogP contribution is 2.44. The Balaban J connectivity index is 1.57. The fraction of sp³-hybridized carbons (Fsp3) is 0.647. The third-order valence-electron chi connectivity index (χ3n) is 4.79. The van der Waals surface area contributed by atoms with Crippen LogP contribution in [0, 0.1) is 0 Å². The largest absolute Gasteiger partial charge is 0.463 e. The van der Waals surface area contributed by atoms with E-state index in [1.54, 1.807) is 31.7 Å². The topological polar surface area (TPSA) is 150 Å². The number of nitrogens with two attached hydrogens (primary N) is 1. The lowest BCUT2D eigenvalue weighted by Crippen LogP contribution is -2.35. The van der Waals surface area contributed by atoms with Gasteiger partial charge in [0, 0.05) is 0 Å². The summed E-state index contributed by atoms with van der Waals surface area (Å²) >= 11 is 0. The smallest absolute Gasteiger partial charge is 0.347 e. The molecule has 0 aromatic carbocycles. The zero-order valence-electron chi connectivity index (χ0n) is 16.6. The van der Waals surface area contributed by atoms with Crippen molar-refractivity contribution in [3.05, 3.63) is 12.7 Å². The van der Waals surface area contributed by atoms with Gasteiger partial charge < -0.3 is 29.4 Å². The molecule has 2 aliphatic rings. The van der Waals surface area contributed by atoms with Gasteiger partial charge in [0.15, 0.2) is 31.9 Å². The van der Waals surface area contributed by atoms with Crippen LogP contribution in [0.2, 0.25) is 0 Å². The predicted octanol–water partition coefficient (Wildman–Crippen LogP) is 1.02. The molecule has 13 heteroatoms. The minimum Gasteiger partial charge on any atom is -0.463 e. The maximum Gasteiger partial charge on any atom is 0.347 e. The first-order valence-corrected chi connectivity index (χ1v) is 10.3. The molecule has 162 valence electrons. The van der Waals surface area contributed by atoms with Crippen LogP contribution in [-0.2, 0) is 33.0 Å². The Bertz CT molecular complexity index is 954. The summed E-state index contributed by atoms with van der Waals surface area (Å²) in [5.74, 6) is -2.55. The Labute approximate surface area is 173 Å². The summed E-state index contributed by atoms with van der Waals surface area (Å²) in [4.78, 5) is 24.3. The van der Waals surface area contributed by atoms with E-state index >= 15 is 0 Å². The van der Waals surface area contributed by atoms with Crippen molar-refractivity contribution in [3.8, 4) is 0 Å². The monoisotopic (exact) mass is 439 g/mol. The molecule has 4 heterocycles. The van der Waals surface area contributed by atoms with Gasteiger partial charge in [0.2, 0.25) is 5.85 Å². The maximum absolute atomic E-state index is 11.9. The molecule has 2 N–H and O–H groups in total. The fourth-order valence-electron chi connectivity index (χ4n) is 3.61. The van der Waals surface area contributed by atoms with E-state index in [0.29, 0.717) is 11.2 Å². The number of anilines is 1. The minimum absolute atomic E-state index is 0.0560. The maximum atomic E-state index is 11.9. The standard InChI is InChI=1S/C17H22N5O7P/c1-4-25-15(23)16(30-24)26-5-8-10-11(29-17(2,3)28-10)14(27-8)22-7-21-9-12(18)19-6-20-13(9)22/h6-8,10-11,14,16H,4-5H2,1-3H3,(H2,18,19,20)/t8-,10-,11-,14-,16?/m1/s1. The van der Waals surface area contributed by atoms with Crippen molar-refractivity contribution in [2.24, 2.45) is 0 Å². The summed E-state index contributed by atoms with van der Waals surface area (Å²) in [6, 6.07) is 0. The second-order valence-corrected chi connectivity index (χ2v) is 7.94. The highest BCUT2D eigenvalue weighted by Gasteiger charge is 2.56. The number of nitrogens with zero attached hydrogens (tertiary/aromatic N) is 4. The summed E-state index contributed by atoms with van der Waals surface area (Å²) in [6.07, 6.45) is 0.678. The molecule has 1 unspecified atom stereocenters. The number of carbonyl (C=O) groups is 1. The number of fused-ring (bicyclic) bond motifs is 2. The van der Waals surface area contributed by atoms with Crippen molar-refractivity contribution in [3.63, 3.8) is 0 Å². The van der Waals surface area contributed by atoms with Crippen LogP contribution in [0.25, 0.3) is 11.2 Å². The summed E-state index contributed by atoms with van der Waals surface area (Å²) < 4.78 is 41.6. The normalized spacial score (nSPS) is 28.6. The van der Waals surface area contributed by atoms with E-state index in [-0.39, 0.29) is 19.0 Å². The van der Waals surface area contributed by atoms with E-state index in [1.165, 1.54) is 6.33 Å². The zero-order valence-corrected chi connectivity index (χ0v) is 17.5. The lowest BCUT2D eigenvalue weighted by atomic mass is 10.1. The van der Waals surface area contributed by atoms with Crippen LogP contribution in [0.5, 0.6) is 0 Å². The molecule has 2 saturated heterocycles. The molecule has 4 rings (SSSR count). The second kappa shape index (κ2) is 8.12. The molecule has 2 fully saturated rings. The first kappa shape index (κ1) is 21.0. The van der Waals surface area contributed by atoms with Crippen LogP contribution >= 0.6 is 8.46 Å². The van der Waals surface area contributed by atoms with Gasteiger partial charge in [0.1, 0.15) is 30.2 Å². The Morgan fingerprint density at radius 1 is 1.33 bits per heavy atom. The molecular weight excluding hydrogens is 417 g/mol. The van der Waals surface area contributed by atoms with Crippen LogP contribution < -0.4 is 5.73 Å². The van der Waals surface area contributed by atoms with Crippen LogP contribution in [0.3, 0.4) is 0 Å². The van der Waals surface area contributed by atoms with Gasteiger partial charge in [-0.3, -0.25) is 9.13 Å². The van der Waals surface area contributed by atoms with Gasteiger partial charge in [0.25, 0.3) is 0 Å². The number of esters is 1. The average molecular weight is 439 g/mol. The summed E-state index contributed by atoms with van der Waals surface area (Å²) in [5, 5.41) is 0. The van der Waals surface area contributed by atoms with Gasteiger partial charge in [-0.1, -0.05) is 0 Å². The number of carbonyl (C=O) groups excluding carboxylic acids is 1. The molecule has 0 radical (unpaired) electrons. The highest BCUT2D eigenvalue weighted by molar-refractivity contribution is 7.26. The van der Waals surface area contributed by atoms with Crippen LogP contribution in [0.15, 0.2) is 12.7 Å². The molecule has 2 aromatic rings. The zero-order chi connectivity index (χ0) is 21.5. The van der Waals surface area contributed by atoms with Gasteiger partial charge in [0.05, 0.1) is 19.5 Å². The first-order valence-electron chi connectivity index (χ1n) is 9.39. The molecule has 0 saturated carbocycles. The number of rotatable bonds is 7. The van der Waals surface area contributed by atoms with Crippen molar-refractivity contribution in [1.29, 1.82) is 0 Å². The molecular formula is C17H22N5O7P. The quantitative estimate of drug-likeness (QED) is 0.486. The van der Waals surface area contributed by atoms with Crippen LogP contribution in [0.1, 0.15) is 27.0 Å². The average Bonchev–Trinajstić information content (AvgIpc) is 3.34. The Hall–Kier alpha value is -2.24. The van der Waals surface area contributed by atoms with Crippen molar-refractivity contribution >= 4 is 31.4 Å². The molecule has 12 nitrogen and oxygen atoms in total. The van der Waals surface area contributed by atoms with E-state index in [0.717, 1.165) is 0 Å². The first-order chi connectivity index (χ1) is 14.3. The van der Waals surface area contributed by atoms with Gasteiger partial charge in [-0.2, -0.15) is 0 Å². The van der Waals surface area contributed by atoms with Gasteiger partial charge in [-0.05, 0) is 20.8 Å². The van der Waals surface area contributed by atoms with Crippen molar-refractivity contribution in [2.75, 3.05) is 18.9 Å². The third kappa shape index (κ3) is 3.77. The second-order valence-electron chi connectivity index (χ2n) is 7.26. The van der Waals surface area contributed by atoms with Crippen LogP contribution in [0.4, 0.5) is 5.82 Å². The van der Waals surface area contributed by atoms with E-state index in [2.05, 4.69) is 15.0 Å². The fourth-order valence-corrected chi connectivity index (χ4v) is 3.92. The summed E-state index contributed by atoms with van der Waals surface area (Å²) in [7, 11) is -0.501. The highest BCUT2D eigenvalue weighted by atomic mass is 31.1. The number of hydrogen-bond acceptors (Lipinski definition) is 11. The van der Waals surface area contributed by atoms with Gasteiger partial charge in [-0.15, -0.1) is 0 Å². The SMILES string of the molecule is CCOC(=O)C(OC[C@H]1O[C@@H](n2cnc3c(N)ncnc32)[C@@H]2OC(C)(C)O[C@@H]21)P=O. The summed E-state index contributed by atoms with van der Waals surface area (Å²) in [5.41, 5.74) is 6.81. The molecule has 2 aromatic heterocycles. The molecule has 5 atom stereocenters. The summed E-state index contributed by atoms with van der Waals surface area (Å²) in [6.45, 7) is 5.35. The molecule has 30 heavy (non-hydrogen) atoms. The Morgan fingerprint density at radius 2 is 2.10 bits per heavy atom. The molecule has 0 aliphatic carbocycles. The van der Waals surface area contributed by atoms with Gasteiger partial charge >= 0.3 is 5.97 Å². The van der Waals surface area contributed by atoms with E-state index in [9.17, 15) is 9.36 Å². The Morgan fingerprint density at radius 3 is 2.83 bits per heavy atom. The minimum atomic E-state index is -1.25. The number of aromatic nitrogens is 4. The molecule has 0 spiro atoms. The number of hydrogen-bond donors (Lipinski definition) is 1. The molecule has 0 bridgehead atoms. The van der Waals surface area contributed by atoms with Gasteiger partial charge in [-0.25, -0.2) is 19.7 Å². The number of nitrogen functional groups attached to an aromatic ring is 1. The van der Waals surface area contributed by atoms with Crippen molar-refractivity contribution in [2.45, 2.75) is 56.9 Å². The lowest BCUT2D eigenvalue weighted by Gasteiger charge is -2.25. The van der Waals surface area contributed by atoms with E-state index in [4.69, 9.17) is 29.4 Å². The molecule has 2 aliphatic heterocycles. The number of imidazole rings is 1. The third-order valence-corrected chi connectivity index (χ3v) is 5.34. The van der Waals surface area contributed by atoms with E-state index in [1.807, 2.05) is 0 Å². The molecule has 0 amide bonds. The number of ether oxygens (including phenoxy) is 5. The predicted molar refractivity (Wildman–Crippen MR) is 101 cm³/mol.